The van der Waals surface area contributed by atoms with Crippen LogP contribution in [-0.2, 0) is 0 Å². The van der Waals surface area contributed by atoms with E-state index in [1.54, 1.807) is 23.1 Å². The van der Waals surface area contributed by atoms with E-state index in [1.165, 1.54) is 0 Å². The van der Waals surface area contributed by atoms with E-state index in [0.717, 1.165) is 19.3 Å². The predicted octanol–water partition coefficient (Wildman–Crippen LogP) is 4.70. The Kier molecular flexibility index (Phi) is 5.33. The van der Waals surface area contributed by atoms with Gasteiger partial charge in [0.15, 0.2) is 0 Å². The molecule has 0 aliphatic heterocycles. The Hall–Kier alpha value is -0.490. The van der Waals surface area contributed by atoms with Crippen molar-refractivity contribution in [3.05, 3.63) is 45.1 Å². The molecular weight excluding hydrogens is 342 g/mol. The molecule has 102 valence electrons. The predicted molar refractivity (Wildman–Crippen MR) is 87.3 cm³/mol. The first-order valence-electron chi connectivity index (χ1n) is 5.92. The number of halogens is 1. The van der Waals surface area contributed by atoms with Crippen LogP contribution in [0, 0.1) is 0 Å². The molecule has 0 aliphatic rings. The van der Waals surface area contributed by atoms with Crippen LogP contribution in [0.5, 0.6) is 5.75 Å². The highest BCUT2D eigenvalue weighted by molar-refractivity contribution is 9.11. The summed E-state index contributed by atoms with van der Waals surface area (Å²) < 4.78 is 7.23. The molecule has 19 heavy (non-hydrogen) atoms. The summed E-state index contributed by atoms with van der Waals surface area (Å²) in [6.07, 6.45) is 1.93. The maximum absolute atomic E-state index is 6.14. The largest absolute Gasteiger partial charge is 0.482 e. The van der Waals surface area contributed by atoms with Gasteiger partial charge in [-0.05, 0) is 53.4 Å². The Balaban J connectivity index is 2.26. The minimum absolute atomic E-state index is 0.0690. The lowest BCUT2D eigenvalue weighted by Crippen LogP contribution is -2.28. The summed E-state index contributed by atoms with van der Waals surface area (Å²) in [4.78, 5) is 2.27. The number of hydrogen-bond donors (Lipinski definition) is 1. The Bertz CT molecular complexity index is 542. The molecule has 0 radical (unpaired) electrons. The fourth-order valence-corrected chi connectivity index (χ4v) is 3.86. The SMILES string of the molecule is CSc1ccccc1OC(c1ccc(Br)s1)C(C)N. The molecule has 5 heteroatoms. The van der Waals surface area contributed by atoms with Crippen molar-refractivity contribution in [1.29, 1.82) is 0 Å². The molecule has 2 atom stereocenters. The molecule has 0 amide bonds. The van der Waals surface area contributed by atoms with Crippen LogP contribution >= 0.6 is 39.0 Å². The summed E-state index contributed by atoms with van der Waals surface area (Å²) in [7, 11) is 0. The highest BCUT2D eigenvalue weighted by Gasteiger charge is 2.21. The molecule has 0 saturated carbocycles. The fraction of sp³-hybridized carbons (Fsp3) is 0.286. The molecule has 0 spiro atoms. The quantitative estimate of drug-likeness (QED) is 0.787. The minimum atomic E-state index is -0.121. The standard InChI is InChI=1S/C14H16BrNOS2/c1-9(16)14(12-7-8-13(15)19-12)17-10-5-3-4-6-11(10)18-2/h3-9,14H,16H2,1-2H3. The Morgan fingerprint density at radius 1 is 1.26 bits per heavy atom. The first kappa shape index (κ1) is 14.9. The molecule has 2 aromatic rings. The monoisotopic (exact) mass is 357 g/mol. The first-order valence-corrected chi connectivity index (χ1v) is 8.75. The lowest BCUT2D eigenvalue weighted by atomic mass is 10.1. The van der Waals surface area contributed by atoms with E-state index in [-0.39, 0.29) is 12.1 Å². The van der Waals surface area contributed by atoms with Crippen LogP contribution in [0.25, 0.3) is 0 Å². The molecule has 0 bridgehead atoms. The van der Waals surface area contributed by atoms with Gasteiger partial charge < -0.3 is 10.5 Å². The van der Waals surface area contributed by atoms with Crippen LogP contribution in [0.15, 0.2) is 45.1 Å². The summed E-state index contributed by atoms with van der Waals surface area (Å²) in [6.45, 7) is 1.97. The average molecular weight is 358 g/mol. The third kappa shape index (κ3) is 3.75. The van der Waals surface area contributed by atoms with Crippen molar-refractivity contribution in [2.24, 2.45) is 5.73 Å². The zero-order chi connectivity index (χ0) is 13.8. The number of benzene rings is 1. The average Bonchev–Trinajstić information content (AvgIpc) is 2.82. The third-order valence-corrected chi connectivity index (χ3v) is 5.14. The molecule has 0 saturated heterocycles. The van der Waals surface area contributed by atoms with E-state index in [1.807, 2.05) is 37.4 Å². The Morgan fingerprint density at radius 2 is 2.00 bits per heavy atom. The Morgan fingerprint density at radius 3 is 2.58 bits per heavy atom. The normalized spacial score (nSPS) is 14.1. The minimum Gasteiger partial charge on any atom is -0.482 e. The second kappa shape index (κ2) is 6.79. The summed E-state index contributed by atoms with van der Waals surface area (Å²) >= 11 is 6.82. The first-order chi connectivity index (χ1) is 9.11. The second-order valence-corrected chi connectivity index (χ2v) is 7.53. The van der Waals surface area contributed by atoms with Gasteiger partial charge in [-0.15, -0.1) is 23.1 Å². The number of thioether (sulfide) groups is 1. The number of ether oxygens (including phenoxy) is 1. The van der Waals surface area contributed by atoms with Crippen molar-refractivity contribution in [3.63, 3.8) is 0 Å². The number of thiophene rings is 1. The highest BCUT2D eigenvalue weighted by Crippen LogP contribution is 2.35. The smallest absolute Gasteiger partial charge is 0.148 e. The topological polar surface area (TPSA) is 35.2 Å². The van der Waals surface area contributed by atoms with Gasteiger partial charge in [-0.2, -0.15) is 0 Å². The number of para-hydroxylation sites is 1. The van der Waals surface area contributed by atoms with E-state index in [9.17, 15) is 0 Å². The molecule has 0 fully saturated rings. The van der Waals surface area contributed by atoms with Crippen molar-refractivity contribution in [3.8, 4) is 5.75 Å². The number of rotatable bonds is 5. The van der Waals surface area contributed by atoms with Crippen molar-refractivity contribution >= 4 is 39.0 Å². The molecule has 2 rings (SSSR count). The molecular formula is C14H16BrNOS2. The van der Waals surface area contributed by atoms with Gasteiger partial charge >= 0.3 is 0 Å². The Labute approximate surface area is 130 Å². The van der Waals surface area contributed by atoms with Gasteiger partial charge in [0.25, 0.3) is 0 Å². The van der Waals surface area contributed by atoms with Crippen molar-refractivity contribution in [2.75, 3.05) is 6.26 Å². The zero-order valence-corrected chi connectivity index (χ0v) is 14.0. The molecule has 2 N–H and O–H groups in total. The zero-order valence-electron chi connectivity index (χ0n) is 10.8. The van der Waals surface area contributed by atoms with Gasteiger partial charge in [0.1, 0.15) is 11.9 Å². The number of nitrogens with two attached hydrogens (primary N) is 1. The van der Waals surface area contributed by atoms with E-state index in [2.05, 4.69) is 28.1 Å². The summed E-state index contributed by atoms with van der Waals surface area (Å²) in [5.74, 6) is 0.891. The van der Waals surface area contributed by atoms with Crippen molar-refractivity contribution < 1.29 is 4.74 Å². The van der Waals surface area contributed by atoms with E-state index in [0.29, 0.717) is 0 Å². The molecule has 2 unspecified atom stereocenters. The summed E-state index contributed by atoms with van der Waals surface area (Å²) in [5, 5.41) is 0. The fourth-order valence-electron chi connectivity index (χ4n) is 1.76. The van der Waals surface area contributed by atoms with Crippen LogP contribution in [0.4, 0.5) is 0 Å². The molecule has 1 aromatic heterocycles. The maximum atomic E-state index is 6.14. The van der Waals surface area contributed by atoms with Crippen molar-refractivity contribution in [1.82, 2.24) is 0 Å². The van der Waals surface area contributed by atoms with Gasteiger partial charge in [0.2, 0.25) is 0 Å². The molecule has 0 aliphatic carbocycles. The van der Waals surface area contributed by atoms with Crippen LogP contribution in [-0.4, -0.2) is 12.3 Å². The summed E-state index contributed by atoms with van der Waals surface area (Å²) in [5.41, 5.74) is 6.08. The molecule has 2 nitrogen and oxygen atoms in total. The van der Waals surface area contributed by atoms with E-state index in [4.69, 9.17) is 10.5 Å². The molecule has 1 heterocycles. The van der Waals surface area contributed by atoms with Crippen molar-refractivity contribution in [2.45, 2.75) is 24.0 Å². The van der Waals surface area contributed by atoms with Gasteiger partial charge in [0, 0.05) is 15.8 Å². The number of hydrogen-bond acceptors (Lipinski definition) is 4. The maximum Gasteiger partial charge on any atom is 0.148 e. The second-order valence-electron chi connectivity index (χ2n) is 4.19. The lowest BCUT2D eigenvalue weighted by Gasteiger charge is -2.22. The molecule has 1 aromatic carbocycles. The van der Waals surface area contributed by atoms with Crippen LogP contribution in [0.3, 0.4) is 0 Å². The van der Waals surface area contributed by atoms with Gasteiger partial charge in [-0.1, -0.05) is 12.1 Å². The van der Waals surface area contributed by atoms with E-state index < -0.39 is 0 Å². The van der Waals surface area contributed by atoms with Gasteiger partial charge in [-0.3, -0.25) is 0 Å². The lowest BCUT2D eigenvalue weighted by molar-refractivity contribution is 0.179. The van der Waals surface area contributed by atoms with Crippen LogP contribution in [0.2, 0.25) is 0 Å². The summed E-state index contributed by atoms with van der Waals surface area (Å²) in [6, 6.07) is 12.1. The van der Waals surface area contributed by atoms with Gasteiger partial charge in [-0.25, -0.2) is 0 Å². The van der Waals surface area contributed by atoms with Crippen LogP contribution in [0.1, 0.15) is 17.9 Å². The highest BCUT2D eigenvalue weighted by atomic mass is 79.9. The third-order valence-electron chi connectivity index (χ3n) is 2.67. The van der Waals surface area contributed by atoms with Gasteiger partial charge in [0.05, 0.1) is 3.79 Å². The van der Waals surface area contributed by atoms with E-state index >= 15 is 0 Å². The van der Waals surface area contributed by atoms with Crippen LogP contribution < -0.4 is 10.5 Å².